The molecule has 0 amide bonds. The molecule has 1 aliphatic carbocycles. The molecule has 0 spiro atoms. The van der Waals surface area contributed by atoms with Crippen molar-refractivity contribution in [2.75, 3.05) is 0 Å². The van der Waals surface area contributed by atoms with E-state index in [-0.39, 0.29) is 0 Å². The lowest BCUT2D eigenvalue weighted by Gasteiger charge is -2.10. The summed E-state index contributed by atoms with van der Waals surface area (Å²) < 4.78 is 0. The van der Waals surface area contributed by atoms with E-state index in [1.165, 1.54) is 25.7 Å². The predicted molar refractivity (Wildman–Crippen MR) is 43.7 cm³/mol. The molecule has 0 unspecified atom stereocenters. The number of nitrogens with one attached hydrogen (secondary N) is 1. The second-order valence-corrected chi connectivity index (χ2v) is 3.29. The van der Waals surface area contributed by atoms with E-state index in [0.717, 1.165) is 4.99 Å². The molecule has 0 aliphatic heterocycles. The SMILES string of the molecule is CC(=S)NC1CCCC1. The van der Waals surface area contributed by atoms with E-state index in [0.29, 0.717) is 6.04 Å². The van der Waals surface area contributed by atoms with E-state index in [1.807, 2.05) is 6.92 Å². The van der Waals surface area contributed by atoms with Crippen LogP contribution in [-0.2, 0) is 0 Å². The largest absolute Gasteiger partial charge is 0.377 e. The van der Waals surface area contributed by atoms with E-state index in [9.17, 15) is 0 Å². The van der Waals surface area contributed by atoms with Crippen LogP contribution in [0.3, 0.4) is 0 Å². The number of thiocarbonyl (C=S) groups is 1. The maximum Gasteiger partial charge on any atom is 0.0724 e. The molecular formula is C7H13NS. The molecule has 0 atom stereocenters. The summed E-state index contributed by atoms with van der Waals surface area (Å²) in [5.41, 5.74) is 0. The van der Waals surface area contributed by atoms with Gasteiger partial charge in [0.25, 0.3) is 0 Å². The molecule has 0 heterocycles. The molecule has 9 heavy (non-hydrogen) atoms. The summed E-state index contributed by atoms with van der Waals surface area (Å²) in [6.45, 7) is 1.95. The van der Waals surface area contributed by atoms with Crippen LogP contribution in [0.2, 0.25) is 0 Å². The van der Waals surface area contributed by atoms with Crippen LogP contribution in [-0.4, -0.2) is 11.0 Å². The van der Waals surface area contributed by atoms with Gasteiger partial charge in [-0.25, -0.2) is 0 Å². The van der Waals surface area contributed by atoms with E-state index in [1.54, 1.807) is 0 Å². The van der Waals surface area contributed by atoms with Gasteiger partial charge in [0.15, 0.2) is 0 Å². The quantitative estimate of drug-likeness (QED) is 0.562. The van der Waals surface area contributed by atoms with Gasteiger partial charge in [-0.1, -0.05) is 25.1 Å². The second kappa shape index (κ2) is 3.16. The van der Waals surface area contributed by atoms with Gasteiger partial charge in [-0.15, -0.1) is 0 Å². The molecule has 0 radical (unpaired) electrons. The minimum absolute atomic E-state index is 0.697. The Bertz CT molecular complexity index is 105. The smallest absolute Gasteiger partial charge is 0.0724 e. The van der Waals surface area contributed by atoms with Crippen molar-refractivity contribution >= 4 is 17.2 Å². The lowest BCUT2D eigenvalue weighted by molar-refractivity contribution is 0.634. The second-order valence-electron chi connectivity index (χ2n) is 2.68. The summed E-state index contributed by atoms with van der Waals surface area (Å²) in [4.78, 5) is 0.946. The molecule has 1 saturated carbocycles. The van der Waals surface area contributed by atoms with Gasteiger partial charge < -0.3 is 5.32 Å². The summed E-state index contributed by atoms with van der Waals surface area (Å²) in [5.74, 6) is 0. The average molecular weight is 143 g/mol. The van der Waals surface area contributed by atoms with Gasteiger partial charge in [-0.05, 0) is 19.8 Å². The standard InChI is InChI=1S/C7H13NS/c1-6(9)8-7-4-2-3-5-7/h7H,2-5H2,1H3,(H,8,9). The highest BCUT2D eigenvalue weighted by atomic mass is 32.1. The molecule has 0 aromatic heterocycles. The number of hydrogen-bond acceptors (Lipinski definition) is 1. The summed E-state index contributed by atoms with van der Waals surface area (Å²) in [6.07, 6.45) is 5.38. The van der Waals surface area contributed by atoms with Crippen LogP contribution in [0.4, 0.5) is 0 Å². The zero-order valence-corrected chi connectivity index (χ0v) is 6.63. The van der Waals surface area contributed by atoms with Gasteiger partial charge in [0.1, 0.15) is 0 Å². The van der Waals surface area contributed by atoms with E-state index in [4.69, 9.17) is 12.2 Å². The highest BCUT2D eigenvalue weighted by molar-refractivity contribution is 7.80. The Balaban J connectivity index is 2.19. The Kier molecular flexibility index (Phi) is 2.46. The molecule has 1 rings (SSSR count). The molecule has 0 aromatic carbocycles. The van der Waals surface area contributed by atoms with Crippen molar-refractivity contribution in [3.8, 4) is 0 Å². The minimum Gasteiger partial charge on any atom is -0.377 e. The summed E-state index contributed by atoms with van der Waals surface area (Å²) in [5, 5.41) is 3.27. The normalized spacial score (nSPS) is 20.1. The van der Waals surface area contributed by atoms with Crippen LogP contribution >= 0.6 is 12.2 Å². The molecule has 2 heteroatoms. The van der Waals surface area contributed by atoms with Crippen LogP contribution in [0, 0.1) is 0 Å². The first kappa shape index (κ1) is 7.00. The first-order valence-corrected chi connectivity index (χ1v) is 3.97. The third kappa shape index (κ3) is 2.31. The predicted octanol–water partition coefficient (Wildman–Crippen LogP) is 1.87. The summed E-state index contributed by atoms with van der Waals surface area (Å²) in [7, 11) is 0. The zero-order valence-electron chi connectivity index (χ0n) is 5.81. The van der Waals surface area contributed by atoms with Crippen molar-refractivity contribution in [3.63, 3.8) is 0 Å². The Hall–Kier alpha value is -0.110. The molecule has 0 bridgehead atoms. The number of hydrogen-bond donors (Lipinski definition) is 1. The number of rotatable bonds is 1. The highest BCUT2D eigenvalue weighted by Crippen LogP contribution is 2.17. The van der Waals surface area contributed by atoms with Crippen molar-refractivity contribution in [2.45, 2.75) is 38.6 Å². The highest BCUT2D eigenvalue weighted by Gasteiger charge is 2.13. The summed E-state index contributed by atoms with van der Waals surface area (Å²) in [6, 6.07) is 0.697. The van der Waals surface area contributed by atoms with E-state index >= 15 is 0 Å². The van der Waals surface area contributed by atoms with Gasteiger partial charge in [0.2, 0.25) is 0 Å². The molecule has 1 nitrogen and oxygen atoms in total. The van der Waals surface area contributed by atoms with Crippen molar-refractivity contribution in [3.05, 3.63) is 0 Å². The van der Waals surface area contributed by atoms with E-state index < -0.39 is 0 Å². The minimum atomic E-state index is 0.697. The Morgan fingerprint density at radius 1 is 1.44 bits per heavy atom. The molecule has 0 saturated heterocycles. The van der Waals surface area contributed by atoms with Gasteiger partial charge in [-0.2, -0.15) is 0 Å². The first-order valence-electron chi connectivity index (χ1n) is 3.56. The molecule has 52 valence electrons. The lowest BCUT2D eigenvalue weighted by atomic mass is 10.2. The topological polar surface area (TPSA) is 12.0 Å². The van der Waals surface area contributed by atoms with Crippen molar-refractivity contribution < 1.29 is 0 Å². The third-order valence-electron chi connectivity index (χ3n) is 1.76. The Labute approximate surface area is 61.8 Å². The van der Waals surface area contributed by atoms with Crippen LogP contribution in [0.15, 0.2) is 0 Å². The lowest BCUT2D eigenvalue weighted by Crippen LogP contribution is -2.28. The van der Waals surface area contributed by atoms with Crippen molar-refractivity contribution in [1.29, 1.82) is 0 Å². The van der Waals surface area contributed by atoms with Crippen LogP contribution in [0.5, 0.6) is 0 Å². The fourth-order valence-corrected chi connectivity index (χ4v) is 1.52. The van der Waals surface area contributed by atoms with Gasteiger partial charge in [0.05, 0.1) is 4.99 Å². The van der Waals surface area contributed by atoms with Crippen LogP contribution < -0.4 is 5.32 Å². The Morgan fingerprint density at radius 3 is 2.44 bits per heavy atom. The fraction of sp³-hybridized carbons (Fsp3) is 0.857. The fourth-order valence-electron chi connectivity index (χ4n) is 1.36. The van der Waals surface area contributed by atoms with E-state index in [2.05, 4.69) is 5.32 Å². The third-order valence-corrected chi connectivity index (χ3v) is 1.88. The molecule has 1 fully saturated rings. The Morgan fingerprint density at radius 2 is 2.00 bits per heavy atom. The molecule has 0 aromatic rings. The first-order chi connectivity index (χ1) is 4.29. The average Bonchev–Trinajstić information content (AvgIpc) is 2.15. The van der Waals surface area contributed by atoms with Crippen molar-refractivity contribution in [1.82, 2.24) is 5.32 Å². The maximum absolute atomic E-state index is 4.92. The van der Waals surface area contributed by atoms with Crippen LogP contribution in [0.1, 0.15) is 32.6 Å². The molecular weight excluding hydrogens is 130 g/mol. The zero-order chi connectivity index (χ0) is 6.69. The monoisotopic (exact) mass is 143 g/mol. The van der Waals surface area contributed by atoms with Gasteiger partial charge in [-0.3, -0.25) is 0 Å². The van der Waals surface area contributed by atoms with Crippen LogP contribution in [0.25, 0.3) is 0 Å². The van der Waals surface area contributed by atoms with Gasteiger partial charge in [0, 0.05) is 6.04 Å². The van der Waals surface area contributed by atoms with Gasteiger partial charge >= 0.3 is 0 Å². The maximum atomic E-state index is 4.92. The molecule has 1 N–H and O–H groups in total. The molecule has 1 aliphatic rings. The summed E-state index contributed by atoms with van der Waals surface area (Å²) >= 11 is 4.92. The van der Waals surface area contributed by atoms with Crippen molar-refractivity contribution in [2.24, 2.45) is 0 Å².